The normalized spacial score (nSPS) is 10.9. The SMILES string of the molecule is COCCOCn1cc(-c2cc(C)cc(C)c2)nn1. The van der Waals surface area contributed by atoms with Crippen molar-refractivity contribution in [2.45, 2.75) is 20.6 Å². The number of hydrogen-bond donors (Lipinski definition) is 0. The summed E-state index contributed by atoms with van der Waals surface area (Å²) >= 11 is 0. The Morgan fingerprint density at radius 1 is 1.11 bits per heavy atom. The van der Waals surface area contributed by atoms with E-state index in [-0.39, 0.29) is 0 Å². The minimum absolute atomic E-state index is 0.390. The Labute approximate surface area is 113 Å². The minimum atomic E-state index is 0.390. The van der Waals surface area contributed by atoms with E-state index in [0.717, 1.165) is 11.3 Å². The zero-order valence-corrected chi connectivity index (χ0v) is 11.6. The van der Waals surface area contributed by atoms with Crippen LogP contribution in [0.25, 0.3) is 11.3 Å². The zero-order chi connectivity index (χ0) is 13.7. The van der Waals surface area contributed by atoms with Crippen molar-refractivity contribution >= 4 is 0 Å². The topological polar surface area (TPSA) is 49.2 Å². The Morgan fingerprint density at radius 3 is 2.53 bits per heavy atom. The van der Waals surface area contributed by atoms with Gasteiger partial charge in [-0.2, -0.15) is 0 Å². The van der Waals surface area contributed by atoms with E-state index in [4.69, 9.17) is 9.47 Å². The summed E-state index contributed by atoms with van der Waals surface area (Å²) < 4.78 is 12.0. The molecule has 0 bridgehead atoms. The van der Waals surface area contributed by atoms with Crippen LogP contribution in [0.15, 0.2) is 24.4 Å². The fraction of sp³-hybridized carbons (Fsp3) is 0.429. The summed E-state index contributed by atoms with van der Waals surface area (Å²) in [5.74, 6) is 0. The van der Waals surface area contributed by atoms with Crippen molar-refractivity contribution in [1.29, 1.82) is 0 Å². The van der Waals surface area contributed by atoms with Crippen molar-refractivity contribution in [2.24, 2.45) is 0 Å². The van der Waals surface area contributed by atoms with E-state index in [1.54, 1.807) is 11.8 Å². The van der Waals surface area contributed by atoms with Gasteiger partial charge in [-0.05, 0) is 26.0 Å². The molecular formula is C14H19N3O2. The van der Waals surface area contributed by atoms with Gasteiger partial charge in [0.05, 0.1) is 19.4 Å². The standard InChI is InChI=1S/C14H19N3O2/c1-11-6-12(2)8-13(7-11)14-9-17(16-15-14)10-19-5-4-18-3/h6-9H,4-5,10H2,1-3H3. The van der Waals surface area contributed by atoms with Gasteiger partial charge in [-0.25, -0.2) is 4.68 Å². The number of nitrogens with zero attached hydrogens (tertiary/aromatic N) is 3. The molecule has 2 aromatic rings. The average molecular weight is 261 g/mol. The van der Waals surface area contributed by atoms with E-state index in [9.17, 15) is 0 Å². The maximum absolute atomic E-state index is 5.39. The van der Waals surface area contributed by atoms with Crippen LogP contribution in [-0.2, 0) is 16.2 Å². The molecule has 102 valence electrons. The summed E-state index contributed by atoms with van der Waals surface area (Å²) in [6.07, 6.45) is 1.89. The summed E-state index contributed by atoms with van der Waals surface area (Å²) in [6.45, 7) is 5.68. The summed E-state index contributed by atoms with van der Waals surface area (Å²) in [7, 11) is 1.65. The highest BCUT2D eigenvalue weighted by atomic mass is 16.5. The molecule has 0 radical (unpaired) electrons. The summed E-state index contributed by atoms with van der Waals surface area (Å²) in [4.78, 5) is 0. The first-order chi connectivity index (χ1) is 9.19. The van der Waals surface area contributed by atoms with Crippen molar-refractivity contribution < 1.29 is 9.47 Å². The van der Waals surface area contributed by atoms with Gasteiger partial charge in [-0.15, -0.1) is 5.10 Å². The van der Waals surface area contributed by atoms with Crippen molar-refractivity contribution in [2.75, 3.05) is 20.3 Å². The Hall–Kier alpha value is -1.72. The van der Waals surface area contributed by atoms with Crippen molar-refractivity contribution in [1.82, 2.24) is 15.0 Å². The van der Waals surface area contributed by atoms with Gasteiger partial charge >= 0.3 is 0 Å². The molecule has 0 aliphatic carbocycles. The second-order valence-electron chi connectivity index (χ2n) is 4.55. The van der Waals surface area contributed by atoms with E-state index >= 15 is 0 Å². The van der Waals surface area contributed by atoms with E-state index in [0.29, 0.717) is 19.9 Å². The quantitative estimate of drug-likeness (QED) is 0.748. The lowest BCUT2D eigenvalue weighted by Crippen LogP contribution is -2.07. The Balaban J connectivity index is 2.03. The van der Waals surface area contributed by atoms with Crippen molar-refractivity contribution in [3.63, 3.8) is 0 Å². The molecule has 0 N–H and O–H groups in total. The van der Waals surface area contributed by atoms with Gasteiger partial charge in [0.15, 0.2) is 0 Å². The second kappa shape index (κ2) is 6.45. The first-order valence-electron chi connectivity index (χ1n) is 6.24. The van der Waals surface area contributed by atoms with Gasteiger partial charge in [0, 0.05) is 12.7 Å². The Bertz CT molecular complexity index is 517. The molecule has 2 rings (SSSR count). The molecule has 0 amide bonds. The smallest absolute Gasteiger partial charge is 0.141 e. The number of aromatic nitrogens is 3. The number of rotatable bonds is 6. The number of ether oxygens (including phenoxy) is 2. The maximum Gasteiger partial charge on any atom is 0.141 e. The van der Waals surface area contributed by atoms with E-state index in [2.05, 4.69) is 42.4 Å². The third-order valence-corrected chi connectivity index (χ3v) is 2.71. The Morgan fingerprint density at radius 2 is 1.84 bits per heavy atom. The van der Waals surface area contributed by atoms with Crippen LogP contribution in [0.5, 0.6) is 0 Å². The van der Waals surface area contributed by atoms with Crippen molar-refractivity contribution in [3.8, 4) is 11.3 Å². The highest BCUT2D eigenvalue weighted by molar-refractivity contribution is 5.59. The lowest BCUT2D eigenvalue weighted by Gasteiger charge is -2.02. The summed E-state index contributed by atoms with van der Waals surface area (Å²) in [6, 6.07) is 6.35. The molecule has 0 atom stereocenters. The molecule has 0 aliphatic rings. The van der Waals surface area contributed by atoms with Crippen LogP contribution >= 0.6 is 0 Å². The van der Waals surface area contributed by atoms with Crippen LogP contribution in [0.4, 0.5) is 0 Å². The second-order valence-corrected chi connectivity index (χ2v) is 4.55. The van der Waals surface area contributed by atoms with Crippen LogP contribution in [0.1, 0.15) is 11.1 Å². The fourth-order valence-corrected chi connectivity index (χ4v) is 1.92. The molecule has 0 spiro atoms. The van der Waals surface area contributed by atoms with Crippen LogP contribution in [0, 0.1) is 13.8 Å². The Kier molecular flexibility index (Phi) is 4.65. The predicted octanol–water partition coefficient (Wildman–Crippen LogP) is 2.18. The van der Waals surface area contributed by atoms with E-state index < -0.39 is 0 Å². The van der Waals surface area contributed by atoms with Gasteiger partial charge in [-0.1, -0.05) is 22.4 Å². The highest BCUT2D eigenvalue weighted by Gasteiger charge is 2.05. The third-order valence-electron chi connectivity index (χ3n) is 2.71. The van der Waals surface area contributed by atoms with Gasteiger partial charge in [0.1, 0.15) is 12.4 Å². The maximum atomic E-state index is 5.39. The zero-order valence-electron chi connectivity index (χ0n) is 11.6. The average Bonchev–Trinajstić information content (AvgIpc) is 2.82. The van der Waals surface area contributed by atoms with Crippen LogP contribution in [-0.4, -0.2) is 35.3 Å². The molecule has 0 aliphatic heterocycles. The molecule has 0 saturated heterocycles. The van der Waals surface area contributed by atoms with E-state index in [1.165, 1.54) is 11.1 Å². The summed E-state index contributed by atoms with van der Waals surface area (Å²) in [5.41, 5.74) is 4.39. The lowest BCUT2D eigenvalue weighted by atomic mass is 10.1. The number of hydrogen-bond acceptors (Lipinski definition) is 4. The van der Waals surface area contributed by atoms with Gasteiger partial charge in [-0.3, -0.25) is 0 Å². The molecule has 0 saturated carbocycles. The van der Waals surface area contributed by atoms with Crippen LogP contribution in [0.3, 0.4) is 0 Å². The molecule has 0 fully saturated rings. The van der Waals surface area contributed by atoms with Crippen LogP contribution in [0.2, 0.25) is 0 Å². The number of methoxy groups -OCH3 is 1. The third kappa shape index (κ3) is 3.87. The van der Waals surface area contributed by atoms with Gasteiger partial charge in [0.25, 0.3) is 0 Å². The molecule has 1 aromatic carbocycles. The largest absolute Gasteiger partial charge is 0.382 e. The number of benzene rings is 1. The van der Waals surface area contributed by atoms with E-state index in [1.807, 2.05) is 6.20 Å². The monoisotopic (exact) mass is 261 g/mol. The molecule has 19 heavy (non-hydrogen) atoms. The molecule has 5 nitrogen and oxygen atoms in total. The van der Waals surface area contributed by atoms with Gasteiger partial charge < -0.3 is 9.47 Å². The first-order valence-corrected chi connectivity index (χ1v) is 6.24. The van der Waals surface area contributed by atoms with Gasteiger partial charge in [0.2, 0.25) is 0 Å². The fourth-order valence-electron chi connectivity index (χ4n) is 1.92. The first kappa shape index (κ1) is 13.7. The molecule has 1 aromatic heterocycles. The summed E-state index contributed by atoms with van der Waals surface area (Å²) in [5, 5.41) is 8.22. The van der Waals surface area contributed by atoms with Crippen molar-refractivity contribution in [3.05, 3.63) is 35.5 Å². The predicted molar refractivity (Wildman–Crippen MR) is 72.8 cm³/mol. The highest BCUT2D eigenvalue weighted by Crippen LogP contribution is 2.19. The molecule has 5 heteroatoms. The molecular weight excluding hydrogens is 242 g/mol. The lowest BCUT2D eigenvalue weighted by molar-refractivity contribution is 0.0281. The van der Waals surface area contributed by atoms with Crippen LogP contribution < -0.4 is 0 Å². The molecule has 0 unspecified atom stereocenters. The molecule has 1 heterocycles. The minimum Gasteiger partial charge on any atom is -0.382 e. The number of aryl methyl sites for hydroxylation is 2.